The van der Waals surface area contributed by atoms with Gasteiger partial charge in [0.2, 0.25) is 0 Å². The average Bonchev–Trinajstić information content (AvgIpc) is 3.08. The minimum atomic E-state index is -1.77. The number of ketones is 1. The van der Waals surface area contributed by atoms with Gasteiger partial charge in [0.05, 0.1) is 24.0 Å². The van der Waals surface area contributed by atoms with E-state index in [4.69, 9.17) is 14.6 Å². The van der Waals surface area contributed by atoms with Crippen LogP contribution < -0.4 is 0 Å². The third-order valence-corrected chi connectivity index (χ3v) is 7.86. The maximum Gasteiger partial charge on any atom is 0.309 e. The minimum Gasteiger partial charge on any atom is -0.481 e. The molecule has 0 aromatic rings. The number of Topliss-reactive ketones (excluding diaryl/α,β-unsaturated/α-hetero) is 1. The highest BCUT2D eigenvalue weighted by atomic mass is 16.5. The standard InChI is InChI=1S/C28H42O9/c1-17-7-9-21-20(26(3,4)34)11-12-28(21,6)23(37-18(2)29)13-19(8-10-22(17)30)16-36-25(33)15-27(5,35)14-24(31)32/h13,20-21,23,34-35H,1,7-12,14-16H2,2-6H3,(H,31,32)/b19-13+/t20-,21+,23?,27?,28+/m0/s1. The summed E-state index contributed by atoms with van der Waals surface area (Å²) in [5.74, 6) is -2.74. The SMILES string of the molecule is C=C1CC[C@@H]2[C@@H](C(C)(C)O)CC[C@@]2(C)C(OC(C)=O)/C=C(/COC(=O)CC(C)(O)CC(=O)O)CCC1=O. The Morgan fingerprint density at radius 1 is 1.11 bits per heavy atom. The highest BCUT2D eigenvalue weighted by Gasteiger charge is 2.54. The second-order valence-electron chi connectivity index (χ2n) is 11.7. The van der Waals surface area contributed by atoms with Crippen LogP contribution in [0.2, 0.25) is 0 Å². The first-order valence-electron chi connectivity index (χ1n) is 12.8. The molecule has 0 aliphatic heterocycles. The number of fused-ring (bicyclic) bond motifs is 1. The van der Waals surface area contributed by atoms with Crippen molar-refractivity contribution >= 4 is 23.7 Å². The fourth-order valence-corrected chi connectivity index (χ4v) is 5.84. The van der Waals surface area contributed by atoms with E-state index in [2.05, 4.69) is 6.58 Å². The molecule has 2 aliphatic rings. The first kappa shape index (κ1) is 30.7. The summed E-state index contributed by atoms with van der Waals surface area (Å²) in [4.78, 5) is 48.2. The van der Waals surface area contributed by atoms with Crippen LogP contribution in [0.15, 0.2) is 23.8 Å². The number of aliphatic carboxylic acids is 1. The van der Waals surface area contributed by atoms with Gasteiger partial charge in [0, 0.05) is 18.8 Å². The highest BCUT2D eigenvalue weighted by Crippen LogP contribution is 2.56. The average molecular weight is 523 g/mol. The van der Waals surface area contributed by atoms with Crippen LogP contribution in [0.1, 0.15) is 86.0 Å². The van der Waals surface area contributed by atoms with Gasteiger partial charge in [-0.3, -0.25) is 19.2 Å². The minimum absolute atomic E-state index is 0.0642. The van der Waals surface area contributed by atoms with Crippen LogP contribution in [-0.2, 0) is 28.7 Å². The summed E-state index contributed by atoms with van der Waals surface area (Å²) in [6.45, 7) is 11.9. The van der Waals surface area contributed by atoms with Crippen molar-refractivity contribution in [2.45, 2.75) is 103 Å². The van der Waals surface area contributed by atoms with Crippen molar-refractivity contribution in [3.05, 3.63) is 23.8 Å². The molecule has 1 fully saturated rings. The number of aliphatic hydroxyl groups is 2. The number of rotatable bonds is 8. The summed E-state index contributed by atoms with van der Waals surface area (Å²) in [7, 11) is 0. The Hall–Kier alpha value is -2.52. The van der Waals surface area contributed by atoms with Crippen LogP contribution in [0.4, 0.5) is 0 Å². The molecule has 0 spiro atoms. The number of esters is 2. The van der Waals surface area contributed by atoms with E-state index in [1.807, 2.05) is 6.92 Å². The molecule has 0 heterocycles. The molecule has 9 heteroatoms. The number of ether oxygens (including phenoxy) is 2. The number of hydrogen-bond donors (Lipinski definition) is 3. The normalized spacial score (nSPS) is 30.2. The second-order valence-corrected chi connectivity index (χ2v) is 11.7. The van der Waals surface area contributed by atoms with Gasteiger partial charge < -0.3 is 24.8 Å². The number of allylic oxidation sites excluding steroid dienone is 1. The Morgan fingerprint density at radius 2 is 1.76 bits per heavy atom. The van der Waals surface area contributed by atoms with Crippen molar-refractivity contribution in [2.24, 2.45) is 17.3 Å². The predicted octanol–water partition coefficient (Wildman–Crippen LogP) is 3.51. The van der Waals surface area contributed by atoms with E-state index >= 15 is 0 Å². The Labute approximate surface area is 218 Å². The number of carbonyl (C=O) groups is 4. The van der Waals surface area contributed by atoms with Crippen LogP contribution in [0.5, 0.6) is 0 Å². The summed E-state index contributed by atoms with van der Waals surface area (Å²) in [6.07, 6.45) is 2.85. The van der Waals surface area contributed by atoms with Gasteiger partial charge in [-0.1, -0.05) is 13.5 Å². The van der Waals surface area contributed by atoms with E-state index < -0.39 is 53.5 Å². The third-order valence-electron chi connectivity index (χ3n) is 7.86. The van der Waals surface area contributed by atoms with Gasteiger partial charge in [0.25, 0.3) is 0 Å². The van der Waals surface area contributed by atoms with Crippen molar-refractivity contribution in [3.8, 4) is 0 Å². The zero-order chi connectivity index (χ0) is 28.2. The van der Waals surface area contributed by atoms with Crippen LogP contribution in [0.25, 0.3) is 0 Å². The number of hydrogen-bond acceptors (Lipinski definition) is 8. The van der Waals surface area contributed by atoms with Crippen LogP contribution in [-0.4, -0.2) is 62.9 Å². The topological polar surface area (TPSA) is 147 Å². The Morgan fingerprint density at radius 3 is 2.32 bits per heavy atom. The number of carboxylic acids is 1. The molecule has 9 nitrogen and oxygen atoms in total. The number of carbonyl (C=O) groups excluding carboxylic acids is 3. The maximum absolute atomic E-state index is 12.8. The monoisotopic (exact) mass is 522 g/mol. The maximum atomic E-state index is 12.8. The Kier molecular flexibility index (Phi) is 9.87. The number of carboxylic acid groups (broad SMARTS) is 1. The molecule has 37 heavy (non-hydrogen) atoms. The first-order chi connectivity index (χ1) is 16.9. The van der Waals surface area contributed by atoms with E-state index in [0.717, 1.165) is 6.42 Å². The summed E-state index contributed by atoms with van der Waals surface area (Å²) in [6, 6.07) is 0. The van der Waals surface area contributed by atoms with Crippen molar-refractivity contribution in [3.63, 3.8) is 0 Å². The van der Waals surface area contributed by atoms with Crippen molar-refractivity contribution < 1.29 is 44.0 Å². The van der Waals surface area contributed by atoms with E-state index in [9.17, 15) is 29.4 Å². The van der Waals surface area contributed by atoms with Crippen LogP contribution >= 0.6 is 0 Å². The van der Waals surface area contributed by atoms with Crippen molar-refractivity contribution in [1.82, 2.24) is 0 Å². The van der Waals surface area contributed by atoms with Gasteiger partial charge in [-0.2, -0.15) is 0 Å². The van der Waals surface area contributed by atoms with Crippen LogP contribution in [0.3, 0.4) is 0 Å². The Bertz CT molecular complexity index is 940. The molecule has 2 rings (SSSR count). The summed E-state index contributed by atoms with van der Waals surface area (Å²) in [5, 5.41) is 30.0. The molecule has 3 N–H and O–H groups in total. The zero-order valence-electron chi connectivity index (χ0n) is 22.7. The van der Waals surface area contributed by atoms with E-state index in [0.29, 0.717) is 30.4 Å². The molecule has 0 aromatic carbocycles. The van der Waals surface area contributed by atoms with Gasteiger partial charge in [0.1, 0.15) is 12.7 Å². The summed E-state index contributed by atoms with van der Waals surface area (Å²) in [5.41, 5.74) is -2.20. The van der Waals surface area contributed by atoms with Gasteiger partial charge in [-0.15, -0.1) is 0 Å². The third kappa shape index (κ3) is 8.50. The lowest BCUT2D eigenvalue weighted by atomic mass is 9.67. The largest absolute Gasteiger partial charge is 0.481 e. The summed E-state index contributed by atoms with van der Waals surface area (Å²) >= 11 is 0. The van der Waals surface area contributed by atoms with Gasteiger partial charge in [-0.05, 0) is 81.9 Å². The fourth-order valence-electron chi connectivity index (χ4n) is 5.84. The van der Waals surface area contributed by atoms with Crippen molar-refractivity contribution in [1.29, 1.82) is 0 Å². The lowest BCUT2D eigenvalue weighted by Gasteiger charge is -2.42. The smallest absolute Gasteiger partial charge is 0.309 e. The lowest BCUT2D eigenvalue weighted by Crippen LogP contribution is -2.43. The van der Waals surface area contributed by atoms with Gasteiger partial charge >= 0.3 is 17.9 Å². The Balaban J connectivity index is 2.40. The van der Waals surface area contributed by atoms with Gasteiger partial charge in [-0.25, -0.2) is 0 Å². The van der Waals surface area contributed by atoms with Gasteiger partial charge in [0.15, 0.2) is 5.78 Å². The molecule has 0 radical (unpaired) electrons. The first-order valence-corrected chi connectivity index (χ1v) is 12.8. The van der Waals surface area contributed by atoms with Crippen LogP contribution in [0, 0.1) is 17.3 Å². The fraction of sp³-hybridized carbons (Fsp3) is 0.714. The highest BCUT2D eigenvalue weighted by molar-refractivity contribution is 5.94. The zero-order valence-corrected chi connectivity index (χ0v) is 22.7. The second kappa shape index (κ2) is 11.9. The summed E-state index contributed by atoms with van der Waals surface area (Å²) < 4.78 is 11.2. The van der Waals surface area contributed by atoms with E-state index in [1.165, 1.54) is 13.8 Å². The quantitative estimate of drug-likeness (QED) is 0.247. The lowest BCUT2D eigenvalue weighted by molar-refractivity contribution is -0.153. The molecule has 2 aliphatic carbocycles. The van der Waals surface area contributed by atoms with E-state index in [-0.39, 0.29) is 37.1 Å². The van der Waals surface area contributed by atoms with E-state index in [1.54, 1.807) is 19.9 Å². The molecule has 5 atom stereocenters. The molecule has 1 saturated carbocycles. The molecular weight excluding hydrogens is 480 g/mol. The van der Waals surface area contributed by atoms with Crippen molar-refractivity contribution in [2.75, 3.05) is 6.61 Å². The molecule has 0 amide bonds. The molecule has 208 valence electrons. The predicted molar refractivity (Wildman–Crippen MR) is 135 cm³/mol. The molecular formula is C28H42O9. The molecule has 0 aromatic heterocycles. The molecule has 0 saturated heterocycles. The molecule has 0 bridgehead atoms. The molecule has 2 unspecified atom stereocenters.